The van der Waals surface area contributed by atoms with Crippen LogP contribution in [0.5, 0.6) is 0 Å². The Kier molecular flexibility index (Phi) is 3.99. The molecule has 94 valence electrons. The summed E-state index contributed by atoms with van der Waals surface area (Å²) in [6.45, 7) is 6.23. The lowest BCUT2D eigenvalue weighted by Crippen LogP contribution is -2.37. The van der Waals surface area contributed by atoms with Gasteiger partial charge in [-0.2, -0.15) is 0 Å². The van der Waals surface area contributed by atoms with Crippen molar-refractivity contribution in [3.8, 4) is 0 Å². The monoisotopic (exact) mass is 298 g/mol. The average Bonchev–Trinajstić information content (AvgIpc) is 2.28. The highest BCUT2D eigenvalue weighted by Crippen LogP contribution is 2.25. The Morgan fingerprint density at radius 2 is 1.88 bits per heavy atom. The summed E-state index contributed by atoms with van der Waals surface area (Å²) < 4.78 is 0.988. The first-order chi connectivity index (χ1) is 8.06. The molecule has 4 nitrogen and oxygen atoms in total. The van der Waals surface area contributed by atoms with Crippen LogP contribution in [0.1, 0.15) is 24.4 Å². The molecule has 0 atom stereocenters. The number of hydrogen-bond acceptors (Lipinski definition) is 4. The number of nitrogens with zero attached hydrogens (tertiary/aromatic N) is 3. The number of nitrogens with one attached hydrogen (secondary N) is 1. The Balaban J connectivity index is 2.08. The maximum Gasteiger partial charge on any atom is 0.144 e. The molecule has 1 aromatic rings. The zero-order chi connectivity index (χ0) is 12.4. The second-order valence-corrected chi connectivity index (χ2v) is 5.53. The van der Waals surface area contributed by atoms with Crippen LogP contribution in [0, 0.1) is 13.8 Å². The summed E-state index contributed by atoms with van der Waals surface area (Å²) in [4.78, 5) is 11.2. The maximum atomic E-state index is 4.46. The van der Waals surface area contributed by atoms with E-state index in [1.165, 1.54) is 12.8 Å². The van der Waals surface area contributed by atoms with Gasteiger partial charge in [-0.3, -0.25) is 0 Å². The molecule has 1 fully saturated rings. The summed E-state index contributed by atoms with van der Waals surface area (Å²) in [6, 6.07) is 0.524. The maximum absolute atomic E-state index is 4.46. The number of piperidine rings is 1. The largest absolute Gasteiger partial charge is 0.366 e. The van der Waals surface area contributed by atoms with Crippen molar-refractivity contribution in [2.24, 2.45) is 0 Å². The Bertz CT molecular complexity index is 400. The fraction of sp³-hybridized carbons (Fsp3) is 0.667. The van der Waals surface area contributed by atoms with Crippen LogP contribution >= 0.6 is 15.9 Å². The summed E-state index contributed by atoms with van der Waals surface area (Å²) >= 11 is 3.56. The Morgan fingerprint density at radius 3 is 2.53 bits per heavy atom. The predicted molar refractivity (Wildman–Crippen MR) is 73.3 cm³/mol. The topological polar surface area (TPSA) is 41.1 Å². The molecular formula is C12H19BrN4. The van der Waals surface area contributed by atoms with E-state index in [4.69, 9.17) is 0 Å². The van der Waals surface area contributed by atoms with Crippen molar-refractivity contribution in [3.05, 3.63) is 16.0 Å². The van der Waals surface area contributed by atoms with Gasteiger partial charge in [0.1, 0.15) is 11.6 Å². The molecule has 5 heteroatoms. The third-order valence-electron chi connectivity index (χ3n) is 3.19. The van der Waals surface area contributed by atoms with Crippen molar-refractivity contribution in [2.45, 2.75) is 32.7 Å². The molecule has 0 amide bonds. The van der Waals surface area contributed by atoms with E-state index >= 15 is 0 Å². The molecule has 1 N–H and O–H groups in total. The fourth-order valence-electron chi connectivity index (χ4n) is 2.14. The van der Waals surface area contributed by atoms with Crippen LogP contribution in [-0.2, 0) is 0 Å². The molecule has 0 bridgehead atoms. The van der Waals surface area contributed by atoms with E-state index in [0.29, 0.717) is 6.04 Å². The average molecular weight is 299 g/mol. The van der Waals surface area contributed by atoms with Gasteiger partial charge in [-0.05, 0) is 62.8 Å². The van der Waals surface area contributed by atoms with Crippen molar-refractivity contribution >= 4 is 21.7 Å². The predicted octanol–water partition coefficient (Wildman–Crippen LogP) is 2.36. The molecule has 2 heterocycles. The SMILES string of the molecule is Cc1nc(C)c(Br)c(NC2CCN(C)CC2)n1. The zero-order valence-corrected chi connectivity index (χ0v) is 12.2. The minimum atomic E-state index is 0.524. The molecule has 0 saturated carbocycles. The molecule has 1 aliphatic heterocycles. The van der Waals surface area contributed by atoms with Crippen LogP contribution in [-0.4, -0.2) is 41.0 Å². The van der Waals surface area contributed by atoms with Crippen LogP contribution in [0.3, 0.4) is 0 Å². The van der Waals surface area contributed by atoms with Gasteiger partial charge in [0, 0.05) is 6.04 Å². The van der Waals surface area contributed by atoms with Crippen molar-refractivity contribution in [2.75, 3.05) is 25.5 Å². The molecule has 0 spiro atoms. The van der Waals surface area contributed by atoms with Crippen molar-refractivity contribution in [3.63, 3.8) is 0 Å². The highest BCUT2D eigenvalue weighted by Gasteiger charge is 2.18. The molecule has 0 aliphatic carbocycles. The summed E-state index contributed by atoms with van der Waals surface area (Å²) in [5.41, 5.74) is 0.993. The van der Waals surface area contributed by atoms with Crippen molar-refractivity contribution < 1.29 is 0 Å². The highest BCUT2D eigenvalue weighted by molar-refractivity contribution is 9.10. The second-order valence-electron chi connectivity index (χ2n) is 4.74. The van der Waals surface area contributed by atoms with Gasteiger partial charge in [0.25, 0.3) is 0 Å². The first-order valence-corrected chi connectivity index (χ1v) is 6.81. The van der Waals surface area contributed by atoms with Gasteiger partial charge in [-0.15, -0.1) is 0 Å². The van der Waals surface area contributed by atoms with E-state index in [1.54, 1.807) is 0 Å². The molecular weight excluding hydrogens is 280 g/mol. The quantitative estimate of drug-likeness (QED) is 0.910. The Morgan fingerprint density at radius 1 is 1.24 bits per heavy atom. The van der Waals surface area contributed by atoms with Crippen LogP contribution < -0.4 is 5.32 Å². The van der Waals surface area contributed by atoms with Crippen molar-refractivity contribution in [1.82, 2.24) is 14.9 Å². The lowest BCUT2D eigenvalue weighted by molar-refractivity contribution is 0.263. The number of anilines is 1. The second kappa shape index (κ2) is 5.31. The number of rotatable bonds is 2. The van der Waals surface area contributed by atoms with Gasteiger partial charge >= 0.3 is 0 Å². The van der Waals surface area contributed by atoms with Gasteiger partial charge in [-0.25, -0.2) is 9.97 Å². The number of aromatic nitrogens is 2. The van der Waals surface area contributed by atoms with Crippen LogP contribution in [0.4, 0.5) is 5.82 Å². The van der Waals surface area contributed by atoms with Crippen LogP contribution in [0.2, 0.25) is 0 Å². The minimum absolute atomic E-state index is 0.524. The molecule has 0 aromatic carbocycles. The molecule has 1 saturated heterocycles. The number of hydrogen-bond donors (Lipinski definition) is 1. The van der Waals surface area contributed by atoms with Gasteiger partial charge < -0.3 is 10.2 Å². The normalized spacial score (nSPS) is 18.4. The van der Waals surface area contributed by atoms with Gasteiger partial charge in [0.15, 0.2) is 0 Å². The Hall–Kier alpha value is -0.680. The first-order valence-electron chi connectivity index (χ1n) is 6.02. The first kappa shape index (κ1) is 12.8. The van der Waals surface area contributed by atoms with Gasteiger partial charge in [0.2, 0.25) is 0 Å². The number of aryl methyl sites for hydroxylation is 2. The fourth-order valence-corrected chi connectivity index (χ4v) is 2.43. The minimum Gasteiger partial charge on any atom is -0.366 e. The Labute approximate surface area is 111 Å². The van der Waals surface area contributed by atoms with E-state index in [-0.39, 0.29) is 0 Å². The lowest BCUT2D eigenvalue weighted by atomic mass is 10.1. The third kappa shape index (κ3) is 3.16. The van der Waals surface area contributed by atoms with E-state index < -0.39 is 0 Å². The standard InChI is InChI=1S/C12H19BrN4/c1-8-11(13)12(15-9(2)14-8)16-10-4-6-17(3)7-5-10/h10H,4-7H2,1-3H3,(H,14,15,16). The smallest absolute Gasteiger partial charge is 0.144 e. The van der Waals surface area contributed by atoms with Crippen LogP contribution in [0.15, 0.2) is 4.47 Å². The van der Waals surface area contributed by atoms with Gasteiger partial charge in [-0.1, -0.05) is 0 Å². The van der Waals surface area contributed by atoms with E-state index in [0.717, 1.165) is 34.9 Å². The zero-order valence-electron chi connectivity index (χ0n) is 10.6. The molecule has 1 aromatic heterocycles. The number of likely N-dealkylation sites (tertiary alicyclic amines) is 1. The van der Waals surface area contributed by atoms with E-state index in [1.807, 2.05) is 13.8 Å². The third-order valence-corrected chi connectivity index (χ3v) is 4.14. The van der Waals surface area contributed by atoms with Crippen LogP contribution in [0.25, 0.3) is 0 Å². The molecule has 0 radical (unpaired) electrons. The summed E-state index contributed by atoms with van der Waals surface area (Å²) in [6.07, 6.45) is 2.34. The number of halogens is 1. The summed E-state index contributed by atoms with van der Waals surface area (Å²) in [7, 11) is 2.17. The van der Waals surface area contributed by atoms with E-state index in [2.05, 4.69) is 43.2 Å². The summed E-state index contributed by atoms with van der Waals surface area (Å²) in [5, 5.41) is 3.53. The molecule has 17 heavy (non-hydrogen) atoms. The van der Waals surface area contributed by atoms with Crippen molar-refractivity contribution in [1.29, 1.82) is 0 Å². The highest BCUT2D eigenvalue weighted by atomic mass is 79.9. The van der Waals surface area contributed by atoms with E-state index in [9.17, 15) is 0 Å². The summed E-state index contributed by atoms with van der Waals surface area (Å²) in [5.74, 6) is 1.76. The molecule has 1 aliphatic rings. The lowest BCUT2D eigenvalue weighted by Gasteiger charge is -2.30. The molecule has 2 rings (SSSR count). The molecule has 0 unspecified atom stereocenters. The van der Waals surface area contributed by atoms with Gasteiger partial charge in [0.05, 0.1) is 10.2 Å².